The molecule has 0 unspecified atom stereocenters. The van der Waals surface area contributed by atoms with Gasteiger partial charge in [0, 0.05) is 17.3 Å². The van der Waals surface area contributed by atoms with Crippen LogP contribution in [-0.4, -0.2) is 23.5 Å². The second-order valence-corrected chi connectivity index (χ2v) is 5.10. The van der Waals surface area contributed by atoms with E-state index in [0.717, 1.165) is 4.88 Å². The lowest BCUT2D eigenvalue weighted by Gasteiger charge is -2.12. The Labute approximate surface area is 120 Å². The number of esters is 1. The standard InChI is InChI=1S/C14H14N2O3S/c1-10(12-3-2-8-20-12)16-13(17)9-19-14(18)11-4-6-15-7-5-11/h2-8,10H,9H2,1H3,(H,16,17)/t10-/m0/s1. The zero-order valence-electron chi connectivity index (χ0n) is 10.9. The third kappa shape index (κ3) is 3.89. The largest absolute Gasteiger partial charge is 0.452 e. The van der Waals surface area contributed by atoms with Crippen LogP contribution in [0.25, 0.3) is 0 Å². The maximum atomic E-state index is 11.7. The highest BCUT2D eigenvalue weighted by molar-refractivity contribution is 7.10. The van der Waals surface area contributed by atoms with Crippen molar-refractivity contribution >= 4 is 23.2 Å². The molecule has 1 amide bonds. The number of hydrogen-bond acceptors (Lipinski definition) is 5. The van der Waals surface area contributed by atoms with Gasteiger partial charge in [0.1, 0.15) is 0 Å². The number of carbonyl (C=O) groups excluding carboxylic acids is 2. The summed E-state index contributed by atoms with van der Waals surface area (Å²) in [5.41, 5.74) is 0.374. The Balaban J connectivity index is 1.79. The highest BCUT2D eigenvalue weighted by Gasteiger charge is 2.13. The molecule has 0 aromatic carbocycles. The Kier molecular flexibility index (Phi) is 4.84. The predicted octanol–water partition coefficient (Wildman–Crippen LogP) is 2.18. The summed E-state index contributed by atoms with van der Waals surface area (Å²) in [4.78, 5) is 28.2. The summed E-state index contributed by atoms with van der Waals surface area (Å²) in [6, 6.07) is 6.84. The van der Waals surface area contributed by atoms with Gasteiger partial charge in [0.05, 0.1) is 11.6 Å². The second kappa shape index (κ2) is 6.81. The Morgan fingerprint density at radius 2 is 2.10 bits per heavy atom. The normalized spacial score (nSPS) is 11.7. The number of rotatable bonds is 5. The molecular weight excluding hydrogens is 276 g/mol. The van der Waals surface area contributed by atoms with Crippen LogP contribution < -0.4 is 5.32 Å². The van der Waals surface area contributed by atoms with Crippen LogP contribution in [-0.2, 0) is 9.53 Å². The molecule has 20 heavy (non-hydrogen) atoms. The summed E-state index contributed by atoms with van der Waals surface area (Å²) in [7, 11) is 0. The van der Waals surface area contributed by atoms with E-state index in [2.05, 4.69) is 10.3 Å². The van der Waals surface area contributed by atoms with Gasteiger partial charge in [0.15, 0.2) is 6.61 Å². The number of ether oxygens (including phenoxy) is 1. The molecule has 0 radical (unpaired) electrons. The highest BCUT2D eigenvalue weighted by Crippen LogP contribution is 2.17. The SMILES string of the molecule is C[C@H](NC(=O)COC(=O)c1ccncc1)c1cccs1. The molecule has 0 saturated heterocycles. The van der Waals surface area contributed by atoms with E-state index in [1.165, 1.54) is 24.5 Å². The monoisotopic (exact) mass is 290 g/mol. The Hall–Kier alpha value is -2.21. The van der Waals surface area contributed by atoms with Gasteiger partial charge in [0.2, 0.25) is 0 Å². The summed E-state index contributed by atoms with van der Waals surface area (Å²) in [6.07, 6.45) is 2.99. The van der Waals surface area contributed by atoms with Gasteiger partial charge >= 0.3 is 5.97 Å². The summed E-state index contributed by atoms with van der Waals surface area (Å²) in [6.45, 7) is 1.59. The molecular formula is C14H14N2O3S. The number of carbonyl (C=O) groups is 2. The molecule has 2 aromatic heterocycles. The van der Waals surface area contributed by atoms with E-state index < -0.39 is 5.97 Å². The first-order chi connectivity index (χ1) is 9.66. The maximum absolute atomic E-state index is 11.7. The lowest BCUT2D eigenvalue weighted by molar-refractivity contribution is -0.124. The second-order valence-electron chi connectivity index (χ2n) is 4.12. The average molecular weight is 290 g/mol. The number of aromatic nitrogens is 1. The van der Waals surface area contributed by atoms with Crippen molar-refractivity contribution in [2.45, 2.75) is 13.0 Å². The van der Waals surface area contributed by atoms with Crippen molar-refractivity contribution in [3.05, 3.63) is 52.5 Å². The first-order valence-corrected chi connectivity index (χ1v) is 6.94. The third-order valence-corrected chi connectivity index (χ3v) is 3.65. The molecule has 6 heteroatoms. The molecule has 0 fully saturated rings. The molecule has 0 aliphatic carbocycles. The number of pyridine rings is 1. The van der Waals surface area contributed by atoms with Crippen LogP contribution in [0, 0.1) is 0 Å². The van der Waals surface area contributed by atoms with Gasteiger partial charge in [-0.25, -0.2) is 4.79 Å². The van der Waals surface area contributed by atoms with Gasteiger partial charge in [-0.2, -0.15) is 0 Å². The van der Waals surface area contributed by atoms with Gasteiger partial charge < -0.3 is 10.1 Å². The maximum Gasteiger partial charge on any atom is 0.338 e. The topological polar surface area (TPSA) is 68.3 Å². The molecule has 0 spiro atoms. The molecule has 1 atom stereocenters. The minimum Gasteiger partial charge on any atom is -0.452 e. The van der Waals surface area contributed by atoms with Gasteiger partial charge in [-0.3, -0.25) is 9.78 Å². The van der Waals surface area contributed by atoms with E-state index in [-0.39, 0.29) is 18.6 Å². The molecule has 2 aromatic rings. The number of nitrogens with zero attached hydrogens (tertiary/aromatic N) is 1. The van der Waals surface area contributed by atoms with E-state index in [1.807, 2.05) is 24.4 Å². The van der Waals surface area contributed by atoms with Crippen LogP contribution in [0.4, 0.5) is 0 Å². The third-order valence-electron chi connectivity index (χ3n) is 2.60. The number of nitrogens with one attached hydrogen (secondary N) is 1. The Morgan fingerprint density at radius 1 is 1.35 bits per heavy atom. The molecule has 0 aliphatic rings. The minimum absolute atomic E-state index is 0.0953. The van der Waals surface area contributed by atoms with Crippen molar-refractivity contribution < 1.29 is 14.3 Å². The average Bonchev–Trinajstić information content (AvgIpc) is 3.00. The molecule has 0 aliphatic heterocycles. The van der Waals surface area contributed by atoms with Crippen LogP contribution in [0.1, 0.15) is 28.2 Å². The van der Waals surface area contributed by atoms with E-state index in [4.69, 9.17) is 4.74 Å². The van der Waals surface area contributed by atoms with Crippen LogP contribution in [0.15, 0.2) is 42.0 Å². The summed E-state index contributed by atoms with van der Waals surface area (Å²) >= 11 is 1.56. The first kappa shape index (κ1) is 14.2. The zero-order valence-corrected chi connectivity index (χ0v) is 11.7. The van der Waals surface area contributed by atoms with Crippen molar-refractivity contribution in [1.29, 1.82) is 0 Å². The molecule has 104 valence electrons. The van der Waals surface area contributed by atoms with Crippen molar-refractivity contribution in [2.24, 2.45) is 0 Å². The molecule has 0 bridgehead atoms. The van der Waals surface area contributed by atoms with Crippen molar-refractivity contribution in [3.63, 3.8) is 0 Å². The smallest absolute Gasteiger partial charge is 0.338 e. The highest BCUT2D eigenvalue weighted by atomic mass is 32.1. The fraction of sp³-hybridized carbons (Fsp3) is 0.214. The lowest BCUT2D eigenvalue weighted by atomic mass is 10.3. The lowest BCUT2D eigenvalue weighted by Crippen LogP contribution is -2.30. The molecule has 1 N–H and O–H groups in total. The van der Waals surface area contributed by atoms with Gasteiger partial charge in [-0.05, 0) is 30.5 Å². The van der Waals surface area contributed by atoms with Gasteiger partial charge in [-0.15, -0.1) is 11.3 Å². The summed E-state index contributed by atoms with van der Waals surface area (Å²) in [5.74, 6) is -0.861. The fourth-order valence-electron chi connectivity index (χ4n) is 1.59. The van der Waals surface area contributed by atoms with Crippen molar-refractivity contribution in [3.8, 4) is 0 Å². The fourth-order valence-corrected chi connectivity index (χ4v) is 2.33. The van der Waals surface area contributed by atoms with Gasteiger partial charge in [-0.1, -0.05) is 6.07 Å². The van der Waals surface area contributed by atoms with Crippen LogP contribution in [0.3, 0.4) is 0 Å². The van der Waals surface area contributed by atoms with Crippen LogP contribution in [0.2, 0.25) is 0 Å². The molecule has 2 rings (SSSR count). The number of hydrogen-bond donors (Lipinski definition) is 1. The zero-order chi connectivity index (χ0) is 14.4. The number of thiophene rings is 1. The molecule has 2 heterocycles. The number of amides is 1. The Bertz CT molecular complexity index is 569. The quantitative estimate of drug-likeness (QED) is 0.857. The van der Waals surface area contributed by atoms with Crippen LogP contribution in [0.5, 0.6) is 0 Å². The van der Waals surface area contributed by atoms with Gasteiger partial charge in [0.25, 0.3) is 5.91 Å². The van der Waals surface area contributed by atoms with E-state index >= 15 is 0 Å². The summed E-state index contributed by atoms with van der Waals surface area (Å²) in [5, 5.41) is 4.72. The van der Waals surface area contributed by atoms with Crippen LogP contribution >= 0.6 is 11.3 Å². The molecule has 0 saturated carbocycles. The van der Waals surface area contributed by atoms with Crippen molar-refractivity contribution in [1.82, 2.24) is 10.3 Å². The van der Waals surface area contributed by atoms with E-state index in [9.17, 15) is 9.59 Å². The first-order valence-electron chi connectivity index (χ1n) is 6.06. The summed E-state index contributed by atoms with van der Waals surface area (Å²) < 4.78 is 4.93. The van der Waals surface area contributed by atoms with Crippen molar-refractivity contribution in [2.75, 3.05) is 6.61 Å². The van der Waals surface area contributed by atoms with E-state index in [1.54, 1.807) is 11.3 Å². The van der Waals surface area contributed by atoms with E-state index in [0.29, 0.717) is 5.56 Å². The minimum atomic E-state index is -0.536. The molecule has 5 nitrogen and oxygen atoms in total. The Morgan fingerprint density at radius 3 is 2.75 bits per heavy atom. The predicted molar refractivity (Wildman–Crippen MR) is 75.4 cm³/mol.